The zero-order chi connectivity index (χ0) is 17.2. The minimum absolute atomic E-state index is 0. The van der Waals surface area contributed by atoms with Crippen molar-refractivity contribution in [3.05, 3.63) is 28.3 Å². The van der Waals surface area contributed by atoms with E-state index in [0.29, 0.717) is 5.75 Å². The van der Waals surface area contributed by atoms with Crippen LogP contribution in [-0.4, -0.2) is 42.0 Å². The van der Waals surface area contributed by atoms with Crippen LogP contribution in [0.3, 0.4) is 0 Å². The van der Waals surface area contributed by atoms with Crippen LogP contribution in [-0.2, 0) is 9.59 Å². The molecule has 1 aliphatic heterocycles. The standard InChI is InChI=1S/C14H18N4O5.ClH/c1-14(2,8-15)16-12(19)6-17-10-5-9(18(21)22)3-4-11(10)23-7-13(17)20;/h3-5H,6-8,15H2,1-2H3,(H,16,19);1H. The van der Waals surface area contributed by atoms with Gasteiger partial charge in [-0.05, 0) is 19.9 Å². The number of rotatable bonds is 5. The van der Waals surface area contributed by atoms with Crippen molar-refractivity contribution in [3.8, 4) is 5.75 Å². The Morgan fingerprint density at radius 3 is 2.75 bits per heavy atom. The number of halogens is 1. The number of ether oxygens (including phenoxy) is 1. The molecule has 10 heteroatoms. The van der Waals surface area contributed by atoms with Crippen LogP contribution in [0, 0.1) is 10.1 Å². The van der Waals surface area contributed by atoms with Gasteiger partial charge in [0.15, 0.2) is 6.61 Å². The summed E-state index contributed by atoms with van der Waals surface area (Å²) in [5.74, 6) is -0.534. The second-order valence-corrected chi connectivity index (χ2v) is 5.81. The normalized spacial score (nSPS) is 13.5. The van der Waals surface area contributed by atoms with Crippen LogP contribution < -0.4 is 20.7 Å². The number of anilines is 1. The van der Waals surface area contributed by atoms with Crippen LogP contribution in [0.2, 0.25) is 0 Å². The number of nitro groups is 1. The van der Waals surface area contributed by atoms with Crippen LogP contribution in [0.15, 0.2) is 18.2 Å². The van der Waals surface area contributed by atoms with E-state index in [1.54, 1.807) is 13.8 Å². The molecule has 0 saturated heterocycles. The van der Waals surface area contributed by atoms with Crippen LogP contribution in [0.5, 0.6) is 5.75 Å². The summed E-state index contributed by atoms with van der Waals surface area (Å²) in [4.78, 5) is 35.7. The van der Waals surface area contributed by atoms with E-state index in [9.17, 15) is 19.7 Å². The maximum absolute atomic E-state index is 12.1. The van der Waals surface area contributed by atoms with Gasteiger partial charge in [-0.15, -0.1) is 12.4 Å². The van der Waals surface area contributed by atoms with E-state index >= 15 is 0 Å². The highest BCUT2D eigenvalue weighted by Crippen LogP contribution is 2.35. The number of fused-ring (bicyclic) bond motifs is 1. The molecule has 24 heavy (non-hydrogen) atoms. The fourth-order valence-electron chi connectivity index (χ4n) is 2.09. The molecule has 0 fully saturated rings. The molecule has 0 aliphatic carbocycles. The number of hydrogen-bond acceptors (Lipinski definition) is 6. The number of benzene rings is 1. The Labute approximate surface area is 144 Å². The molecule has 2 rings (SSSR count). The summed E-state index contributed by atoms with van der Waals surface area (Å²) in [6.45, 7) is 3.26. The van der Waals surface area contributed by atoms with E-state index < -0.39 is 22.3 Å². The Bertz CT molecular complexity index is 665. The zero-order valence-electron chi connectivity index (χ0n) is 13.3. The maximum Gasteiger partial charge on any atom is 0.271 e. The average molecular weight is 359 g/mol. The molecule has 1 aromatic carbocycles. The lowest BCUT2D eigenvalue weighted by atomic mass is 10.1. The summed E-state index contributed by atoms with van der Waals surface area (Å²) >= 11 is 0. The fourth-order valence-corrected chi connectivity index (χ4v) is 2.09. The monoisotopic (exact) mass is 358 g/mol. The highest BCUT2D eigenvalue weighted by molar-refractivity contribution is 6.02. The predicted molar refractivity (Wildman–Crippen MR) is 89.5 cm³/mol. The summed E-state index contributed by atoms with van der Waals surface area (Å²) in [6, 6.07) is 3.91. The average Bonchev–Trinajstić information content (AvgIpc) is 2.49. The number of nitrogens with one attached hydrogen (secondary N) is 1. The van der Waals surface area contributed by atoms with Gasteiger partial charge in [0.2, 0.25) is 5.91 Å². The fraction of sp³-hybridized carbons (Fsp3) is 0.429. The summed E-state index contributed by atoms with van der Waals surface area (Å²) in [5, 5.41) is 13.6. The topological polar surface area (TPSA) is 128 Å². The van der Waals surface area contributed by atoms with Crippen LogP contribution in [0.1, 0.15) is 13.8 Å². The molecule has 1 heterocycles. The number of hydrogen-bond donors (Lipinski definition) is 2. The van der Waals surface area contributed by atoms with Crippen LogP contribution in [0.25, 0.3) is 0 Å². The van der Waals surface area contributed by atoms with Crippen LogP contribution >= 0.6 is 12.4 Å². The van der Waals surface area contributed by atoms with Crippen molar-refractivity contribution in [1.82, 2.24) is 5.32 Å². The first kappa shape index (κ1) is 19.7. The van der Waals surface area contributed by atoms with Gasteiger partial charge in [-0.25, -0.2) is 0 Å². The summed E-state index contributed by atoms with van der Waals surface area (Å²) in [6.07, 6.45) is 0. The quantitative estimate of drug-likeness (QED) is 0.585. The molecule has 9 nitrogen and oxygen atoms in total. The highest BCUT2D eigenvalue weighted by Gasteiger charge is 2.30. The van der Waals surface area contributed by atoms with E-state index in [2.05, 4.69) is 5.32 Å². The third-order valence-corrected chi connectivity index (χ3v) is 3.39. The van der Waals surface area contributed by atoms with Crippen LogP contribution in [0.4, 0.5) is 11.4 Å². The van der Waals surface area contributed by atoms with Crippen molar-refractivity contribution in [2.75, 3.05) is 24.6 Å². The minimum atomic E-state index is -0.613. The third-order valence-electron chi connectivity index (χ3n) is 3.39. The Balaban J connectivity index is 0.00000288. The molecule has 0 atom stereocenters. The molecular weight excluding hydrogens is 340 g/mol. The number of carbonyl (C=O) groups is 2. The van der Waals surface area contributed by atoms with E-state index in [-0.39, 0.29) is 43.5 Å². The molecule has 3 N–H and O–H groups in total. The van der Waals surface area contributed by atoms with E-state index in [4.69, 9.17) is 10.5 Å². The first-order valence-corrected chi connectivity index (χ1v) is 6.96. The van der Waals surface area contributed by atoms with Gasteiger partial charge in [0, 0.05) is 24.2 Å². The molecular formula is C14H19ClN4O5. The van der Waals surface area contributed by atoms with Gasteiger partial charge in [-0.3, -0.25) is 24.6 Å². The van der Waals surface area contributed by atoms with E-state index in [0.717, 1.165) is 0 Å². The van der Waals surface area contributed by atoms with Crippen molar-refractivity contribution < 1.29 is 19.2 Å². The van der Waals surface area contributed by atoms with Gasteiger partial charge < -0.3 is 15.8 Å². The van der Waals surface area contributed by atoms with Crippen molar-refractivity contribution in [1.29, 1.82) is 0 Å². The molecule has 1 aromatic rings. The first-order chi connectivity index (χ1) is 10.7. The molecule has 2 amide bonds. The Morgan fingerprint density at radius 2 is 2.17 bits per heavy atom. The number of nitrogens with two attached hydrogens (primary N) is 1. The van der Waals surface area contributed by atoms with Crippen molar-refractivity contribution in [2.24, 2.45) is 5.73 Å². The Kier molecular flexibility index (Phi) is 6.10. The minimum Gasteiger partial charge on any atom is -0.482 e. The SMILES string of the molecule is CC(C)(CN)NC(=O)CN1C(=O)COc2ccc([N+](=O)[O-])cc21.Cl. The maximum atomic E-state index is 12.1. The second kappa shape index (κ2) is 7.45. The van der Waals surface area contributed by atoms with Gasteiger partial charge in [0.1, 0.15) is 12.3 Å². The Hall–Kier alpha value is -2.39. The Morgan fingerprint density at radius 1 is 1.50 bits per heavy atom. The highest BCUT2D eigenvalue weighted by atomic mass is 35.5. The lowest BCUT2D eigenvalue weighted by Crippen LogP contribution is -2.53. The lowest BCUT2D eigenvalue weighted by Gasteiger charge is -2.30. The number of nitro benzene ring substituents is 1. The zero-order valence-corrected chi connectivity index (χ0v) is 14.1. The number of nitrogens with zero attached hydrogens (tertiary/aromatic N) is 2. The molecule has 0 bridgehead atoms. The van der Waals surface area contributed by atoms with Crippen molar-refractivity contribution >= 4 is 35.6 Å². The largest absolute Gasteiger partial charge is 0.482 e. The molecule has 1 aliphatic rings. The van der Waals surface area contributed by atoms with E-state index in [1.165, 1.54) is 23.1 Å². The molecule has 0 saturated carbocycles. The van der Waals surface area contributed by atoms with Gasteiger partial charge in [0.05, 0.1) is 10.6 Å². The first-order valence-electron chi connectivity index (χ1n) is 6.96. The number of amides is 2. The van der Waals surface area contributed by atoms with Gasteiger partial charge in [-0.2, -0.15) is 0 Å². The predicted octanol–water partition coefficient (Wildman–Crippen LogP) is 0.596. The third kappa shape index (κ3) is 4.33. The molecule has 0 radical (unpaired) electrons. The van der Waals surface area contributed by atoms with E-state index in [1.807, 2.05) is 0 Å². The van der Waals surface area contributed by atoms with Gasteiger partial charge in [-0.1, -0.05) is 0 Å². The molecule has 0 aromatic heterocycles. The molecule has 0 unspecified atom stereocenters. The molecule has 132 valence electrons. The number of carbonyl (C=O) groups excluding carboxylic acids is 2. The summed E-state index contributed by atoms with van der Waals surface area (Å²) < 4.78 is 5.24. The summed E-state index contributed by atoms with van der Waals surface area (Å²) in [7, 11) is 0. The van der Waals surface area contributed by atoms with Gasteiger partial charge in [0.25, 0.3) is 11.6 Å². The van der Waals surface area contributed by atoms with Crippen molar-refractivity contribution in [2.45, 2.75) is 19.4 Å². The summed E-state index contributed by atoms with van der Waals surface area (Å²) in [5.41, 5.74) is 4.96. The number of non-ortho nitro benzene ring substituents is 1. The van der Waals surface area contributed by atoms with Crippen molar-refractivity contribution in [3.63, 3.8) is 0 Å². The smallest absolute Gasteiger partial charge is 0.271 e. The second-order valence-electron chi connectivity index (χ2n) is 5.81. The lowest BCUT2D eigenvalue weighted by molar-refractivity contribution is -0.384. The van der Waals surface area contributed by atoms with Gasteiger partial charge >= 0.3 is 0 Å². The molecule has 0 spiro atoms.